The Kier molecular flexibility index (Phi) is 4.03. The molecule has 5 nitrogen and oxygen atoms in total. The molecule has 1 N–H and O–H groups in total. The number of carbonyl (C=O) groups is 1. The summed E-state index contributed by atoms with van der Waals surface area (Å²) in [5, 5.41) is 11.8. The normalized spacial score (nSPS) is 10.8. The summed E-state index contributed by atoms with van der Waals surface area (Å²) >= 11 is 3.39. The van der Waals surface area contributed by atoms with Crippen LogP contribution in [0.15, 0.2) is 77.3 Å². The Balaban J connectivity index is 1.63. The van der Waals surface area contributed by atoms with Crippen molar-refractivity contribution in [2.24, 2.45) is 0 Å². The number of hydrogen-bond donors (Lipinski definition) is 1. The number of carbonyl (C=O) groups excluding carboxylic acids is 1. The second kappa shape index (κ2) is 6.49. The number of nitrogens with zero attached hydrogens (tertiary/aromatic N) is 3. The Morgan fingerprint density at radius 3 is 2.40 bits per heavy atom. The van der Waals surface area contributed by atoms with Crippen LogP contribution in [0.1, 0.15) is 10.4 Å². The maximum absolute atomic E-state index is 12.4. The van der Waals surface area contributed by atoms with Crippen LogP contribution < -0.4 is 5.32 Å². The molecule has 1 aromatic heterocycles. The van der Waals surface area contributed by atoms with Gasteiger partial charge in [0.2, 0.25) is 0 Å². The fraction of sp³-hybridized carbons (Fsp3) is 0. The van der Waals surface area contributed by atoms with Crippen molar-refractivity contribution in [3.8, 4) is 5.69 Å². The van der Waals surface area contributed by atoms with Gasteiger partial charge in [-0.15, -0.1) is 10.2 Å². The molecule has 3 aromatic carbocycles. The van der Waals surface area contributed by atoms with Gasteiger partial charge in [-0.2, -0.15) is 4.80 Å². The number of rotatable bonds is 3. The summed E-state index contributed by atoms with van der Waals surface area (Å²) in [6, 6.07) is 22.5. The van der Waals surface area contributed by atoms with E-state index in [0.29, 0.717) is 16.8 Å². The Morgan fingerprint density at radius 1 is 0.880 bits per heavy atom. The predicted molar refractivity (Wildman–Crippen MR) is 101 cm³/mol. The Labute approximate surface area is 152 Å². The molecule has 6 heteroatoms. The van der Waals surface area contributed by atoms with Gasteiger partial charge in [0.1, 0.15) is 11.0 Å². The molecule has 122 valence electrons. The van der Waals surface area contributed by atoms with E-state index in [1.165, 1.54) is 0 Å². The summed E-state index contributed by atoms with van der Waals surface area (Å²) in [6.45, 7) is 0. The highest BCUT2D eigenvalue weighted by molar-refractivity contribution is 9.10. The van der Waals surface area contributed by atoms with Crippen LogP contribution in [-0.4, -0.2) is 20.9 Å². The van der Waals surface area contributed by atoms with Crippen molar-refractivity contribution < 1.29 is 4.79 Å². The molecule has 0 aliphatic rings. The number of halogens is 1. The molecule has 1 heterocycles. The van der Waals surface area contributed by atoms with E-state index in [2.05, 4.69) is 31.4 Å². The first-order valence-electron chi connectivity index (χ1n) is 7.69. The van der Waals surface area contributed by atoms with Crippen LogP contribution in [0.3, 0.4) is 0 Å². The molecule has 4 rings (SSSR count). The van der Waals surface area contributed by atoms with Gasteiger partial charge in [-0.25, -0.2) is 0 Å². The SMILES string of the molecule is O=C(Nc1ccc2nn(-c3ccccc3)nc2c1)c1ccccc1Br. The summed E-state index contributed by atoms with van der Waals surface area (Å²) in [5.74, 6) is -0.178. The first-order valence-corrected chi connectivity index (χ1v) is 8.48. The van der Waals surface area contributed by atoms with Crippen LogP contribution in [0, 0.1) is 0 Å². The van der Waals surface area contributed by atoms with Gasteiger partial charge in [-0.1, -0.05) is 30.3 Å². The Morgan fingerprint density at radius 2 is 1.60 bits per heavy atom. The van der Waals surface area contributed by atoms with E-state index in [0.717, 1.165) is 15.7 Å². The van der Waals surface area contributed by atoms with Crippen LogP contribution in [0.2, 0.25) is 0 Å². The second-order valence-corrected chi connectivity index (χ2v) is 6.32. The number of nitrogens with one attached hydrogen (secondary N) is 1. The van der Waals surface area contributed by atoms with E-state index >= 15 is 0 Å². The number of para-hydroxylation sites is 1. The molecule has 0 aliphatic heterocycles. The average Bonchev–Trinajstić information content (AvgIpc) is 3.06. The summed E-state index contributed by atoms with van der Waals surface area (Å²) in [7, 11) is 0. The number of fused-ring (bicyclic) bond motifs is 1. The van der Waals surface area contributed by atoms with Gasteiger partial charge in [0.25, 0.3) is 5.91 Å². The minimum absolute atomic E-state index is 0.178. The van der Waals surface area contributed by atoms with E-state index in [9.17, 15) is 4.79 Å². The molecule has 1 amide bonds. The maximum atomic E-state index is 12.4. The number of hydrogen-bond acceptors (Lipinski definition) is 3. The van der Waals surface area contributed by atoms with Crippen molar-refractivity contribution in [3.05, 3.63) is 82.8 Å². The van der Waals surface area contributed by atoms with Crippen LogP contribution in [0.25, 0.3) is 16.7 Å². The van der Waals surface area contributed by atoms with Gasteiger partial charge in [-0.3, -0.25) is 4.79 Å². The van der Waals surface area contributed by atoms with Crippen molar-refractivity contribution in [1.82, 2.24) is 15.0 Å². The third-order valence-electron chi connectivity index (χ3n) is 3.74. The van der Waals surface area contributed by atoms with E-state index < -0.39 is 0 Å². The standard InChI is InChI=1S/C19H13BrN4O/c20-16-9-5-4-8-15(16)19(25)21-13-10-11-17-18(12-13)23-24(22-17)14-6-2-1-3-7-14/h1-12H,(H,21,25). The van der Waals surface area contributed by atoms with Gasteiger partial charge >= 0.3 is 0 Å². The lowest BCUT2D eigenvalue weighted by atomic mass is 10.2. The van der Waals surface area contributed by atoms with Gasteiger partial charge in [0.05, 0.1) is 11.3 Å². The Bertz CT molecular complexity index is 1060. The van der Waals surface area contributed by atoms with Crippen LogP contribution in [-0.2, 0) is 0 Å². The average molecular weight is 393 g/mol. The largest absolute Gasteiger partial charge is 0.322 e. The fourth-order valence-corrected chi connectivity index (χ4v) is 2.98. The summed E-state index contributed by atoms with van der Waals surface area (Å²) in [6.07, 6.45) is 0. The van der Waals surface area contributed by atoms with E-state index in [1.807, 2.05) is 66.7 Å². The topological polar surface area (TPSA) is 59.8 Å². The fourth-order valence-electron chi connectivity index (χ4n) is 2.51. The maximum Gasteiger partial charge on any atom is 0.256 e. The van der Waals surface area contributed by atoms with Crippen LogP contribution >= 0.6 is 15.9 Å². The summed E-state index contributed by atoms with van der Waals surface area (Å²) in [5.41, 5.74) is 3.62. The third kappa shape index (κ3) is 3.16. The quantitative estimate of drug-likeness (QED) is 0.560. The predicted octanol–water partition coefficient (Wildman–Crippen LogP) is 4.44. The third-order valence-corrected chi connectivity index (χ3v) is 4.44. The smallest absolute Gasteiger partial charge is 0.256 e. The van der Waals surface area contributed by atoms with Crippen molar-refractivity contribution in [3.63, 3.8) is 0 Å². The minimum Gasteiger partial charge on any atom is -0.322 e. The monoisotopic (exact) mass is 392 g/mol. The molecule has 0 radical (unpaired) electrons. The van der Waals surface area contributed by atoms with Crippen molar-refractivity contribution in [1.29, 1.82) is 0 Å². The lowest BCUT2D eigenvalue weighted by Crippen LogP contribution is -2.12. The lowest BCUT2D eigenvalue weighted by molar-refractivity contribution is 0.102. The zero-order chi connectivity index (χ0) is 17.2. The van der Waals surface area contributed by atoms with Crippen LogP contribution in [0.5, 0.6) is 0 Å². The lowest BCUT2D eigenvalue weighted by Gasteiger charge is -2.06. The van der Waals surface area contributed by atoms with Crippen molar-refractivity contribution in [2.45, 2.75) is 0 Å². The molecular formula is C19H13BrN4O. The molecule has 0 unspecified atom stereocenters. The second-order valence-electron chi connectivity index (χ2n) is 5.46. The zero-order valence-corrected chi connectivity index (χ0v) is 14.6. The highest BCUT2D eigenvalue weighted by Gasteiger charge is 2.11. The van der Waals surface area contributed by atoms with Gasteiger partial charge < -0.3 is 5.32 Å². The first kappa shape index (κ1) is 15.5. The molecule has 0 saturated carbocycles. The van der Waals surface area contributed by atoms with Crippen molar-refractivity contribution >= 4 is 38.6 Å². The highest BCUT2D eigenvalue weighted by Crippen LogP contribution is 2.20. The number of anilines is 1. The molecule has 0 spiro atoms. The van der Waals surface area contributed by atoms with E-state index in [4.69, 9.17) is 0 Å². The molecule has 0 saturated heterocycles. The van der Waals surface area contributed by atoms with E-state index in [1.54, 1.807) is 10.9 Å². The molecule has 0 atom stereocenters. The molecule has 0 bridgehead atoms. The molecule has 4 aromatic rings. The summed E-state index contributed by atoms with van der Waals surface area (Å²) in [4.78, 5) is 14.0. The summed E-state index contributed by atoms with van der Waals surface area (Å²) < 4.78 is 0.753. The van der Waals surface area contributed by atoms with E-state index in [-0.39, 0.29) is 5.91 Å². The highest BCUT2D eigenvalue weighted by atomic mass is 79.9. The molecule has 0 fully saturated rings. The first-order chi connectivity index (χ1) is 12.2. The number of amides is 1. The van der Waals surface area contributed by atoms with Crippen LogP contribution in [0.4, 0.5) is 5.69 Å². The number of aromatic nitrogens is 3. The minimum atomic E-state index is -0.178. The van der Waals surface area contributed by atoms with Gasteiger partial charge in [0.15, 0.2) is 0 Å². The molecule has 25 heavy (non-hydrogen) atoms. The van der Waals surface area contributed by atoms with Gasteiger partial charge in [-0.05, 0) is 58.4 Å². The Hall–Kier alpha value is -2.99. The van der Waals surface area contributed by atoms with Crippen molar-refractivity contribution in [2.75, 3.05) is 5.32 Å². The van der Waals surface area contributed by atoms with Gasteiger partial charge in [0, 0.05) is 10.2 Å². The number of benzene rings is 3. The zero-order valence-electron chi connectivity index (χ0n) is 13.1. The molecular weight excluding hydrogens is 380 g/mol. The molecule has 0 aliphatic carbocycles.